The van der Waals surface area contributed by atoms with Crippen LogP contribution in [0.5, 0.6) is 0 Å². The third-order valence-electron chi connectivity index (χ3n) is 3.78. The zero-order chi connectivity index (χ0) is 15.4. The van der Waals surface area contributed by atoms with E-state index < -0.39 is 5.97 Å². The van der Waals surface area contributed by atoms with Crippen molar-refractivity contribution in [2.24, 2.45) is 5.92 Å². The lowest BCUT2D eigenvalue weighted by Crippen LogP contribution is -2.33. The van der Waals surface area contributed by atoms with E-state index in [1.165, 1.54) is 0 Å². The van der Waals surface area contributed by atoms with Gasteiger partial charge in [0.1, 0.15) is 0 Å². The molecule has 5 nitrogen and oxygen atoms in total. The summed E-state index contributed by atoms with van der Waals surface area (Å²) < 4.78 is 0.921. The van der Waals surface area contributed by atoms with Gasteiger partial charge in [0.2, 0.25) is 0 Å². The molecular formula is C15H19BrN2O3. The standard InChI is InChI=1S/C15H19BrN2O3/c1-10-2-4-12(16)8-13(10)17-15(21)18-7-6-11(9-18)3-5-14(19)20/h2,4,8,11H,3,5-7,9H2,1H3,(H,17,21)(H,19,20). The van der Waals surface area contributed by atoms with E-state index in [0.29, 0.717) is 19.5 Å². The van der Waals surface area contributed by atoms with Crippen LogP contribution >= 0.6 is 15.9 Å². The second-order valence-corrected chi connectivity index (χ2v) is 6.34. The monoisotopic (exact) mass is 354 g/mol. The third kappa shape index (κ3) is 4.46. The number of rotatable bonds is 4. The van der Waals surface area contributed by atoms with Crippen LogP contribution in [0.1, 0.15) is 24.8 Å². The predicted molar refractivity (Wildman–Crippen MR) is 84.4 cm³/mol. The fraction of sp³-hybridized carbons (Fsp3) is 0.467. The molecule has 1 aromatic rings. The van der Waals surface area contributed by atoms with Crippen LogP contribution in [0.2, 0.25) is 0 Å². The molecule has 0 aliphatic carbocycles. The number of anilines is 1. The number of likely N-dealkylation sites (tertiary alicyclic amines) is 1. The normalized spacial score (nSPS) is 17.8. The van der Waals surface area contributed by atoms with Gasteiger partial charge >= 0.3 is 12.0 Å². The number of halogens is 1. The van der Waals surface area contributed by atoms with Gasteiger partial charge in [-0.15, -0.1) is 0 Å². The number of carboxylic acid groups (broad SMARTS) is 1. The molecule has 1 unspecified atom stereocenters. The zero-order valence-electron chi connectivity index (χ0n) is 11.9. The lowest BCUT2D eigenvalue weighted by Gasteiger charge is -2.18. The molecule has 1 aromatic carbocycles. The summed E-state index contributed by atoms with van der Waals surface area (Å²) in [5.74, 6) is -0.488. The van der Waals surface area contributed by atoms with E-state index in [-0.39, 0.29) is 18.4 Å². The van der Waals surface area contributed by atoms with Gasteiger partial charge in [-0.05, 0) is 43.4 Å². The van der Waals surface area contributed by atoms with Gasteiger partial charge in [-0.1, -0.05) is 22.0 Å². The number of carbonyl (C=O) groups is 2. The number of nitrogens with zero attached hydrogens (tertiary/aromatic N) is 1. The van der Waals surface area contributed by atoms with Gasteiger partial charge in [0.05, 0.1) is 0 Å². The summed E-state index contributed by atoms with van der Waals surface area (Å²) in [7, 11) is 0. The van der Waals surface area contributed by atoms with Gasteiger partial charge in [0.15, 0.2) is 0 Å². The first-order valence-corrected chi connectivity index (χ1v) is 7.79. The van der Waals surface area contributed by atoms with E-state index in [0.717, 1.165) is 22.1 Å². The zero-order valence-corrected chi connectivity index (χ0v) is 13.5. The smallest absolute Gasteiger partial charge is 0.321 e. The summed E-state index contributed by atoms with van der Waals surface area (Å²) in [6.45, 7) is 3.26. The topological polar surface area (TPSA) is 69.6 Å². The van der Waals surface area contributed by atoms with Crippen LogP contribution in [0.15, 0.2) is 22.7 Å². The molecule has 2 N–H and O–H groups in total. The Balaban J connectivity index is 1.90. The van der Waals surface area contributed by atoms with Gasteiger partial charge in [-0.3, -0.25) is 4.79 Å². The highest BCUT2D eigenvalue weighted by Crippen LogP contribution is 2.24. The van der Waals surface area contributed by atoms with Crippen molar-refractivity contribution in [2.75, 3.05) is 18.4 Å². The van der Waals surface area contributed by atoms with Crippen molar-refractivity contribution in [1.29, 1.82) is 0 Å². The van der Waals surface area contributed by atoms with E-state index in [2.05, 4.69) is 21.2 Å². The minimum Gasteiger partial charge on any atom is -0.481 e. The molecule has 21 heavy (non-hydrogen) atoms. The van der Waals surface area contributed by atoms with Gasteiger partial charge in [0.25, 0.3) is 0 Å². The number of nitrogens with one attached hydrogen (secondary N) is 1. The first-order chi connectivity index (χ1) is 9.95. The number of hydrogen-bond acceptors (Lipinski definition) is 2. The Morgan fingerprint density at radius 1 is 1.48 bits per heavy atom. The molecule has 0 spiro atoms. The van der Waals surface area contributed by atoms with E-state index in [1.807, 2.05) is 25.1 Å². The number of amides is 2. The Morgan fingerprint density at radius 3 is 2.95 bits per heavy atom. The molecule has 1 heterocycles. The minimum atomic E-state index is -0.775. The fourth-order valence-electron chi connectivity index (χ4n) is 2.50. The van der Waals surface area contributed by atoms with E-state index in [9.17, 15) is 9.59 Å². The number of carboxylic acids is 1. The van der Waals surface area contributed by atoms with Crippen LogP contribution in [0.25, 0.3) is 0 Å². The summed E-state index contributed by atoms with van der Waals surface area (Å²) in [6, 6.07) is 5.64. The lowest BCUT2D eigenvalue weighted by molar-refractivity contribution is -0.137. The molecule has 0 radical (unpaired) electrons. The molecule has 0 bridgehead atoms. The number of aryl methyl sites for hydroxylation is 1. The van der Waals surface area contributed by atoms with Crippen molar-refractivity contribution in [1.82, 2.24) is 4.90 Å². The van der Waals surface area contributed by atoms with Gasteiger partial charge in [-0.2, -0.15) is 0 Å². The van der Waals surface area contributed by atoms with Crippen LogP contribution in [-0.4, -0.2) is 35.1 Å². The largest absolute Gasteiger partial charge is 0.481 e. The minimum absolute atomic E-state index is 0.117. The molecule has 1 aliphatic rings. The van der Waals surface area contributed by atoms with E-state index in [1.54, 1.807) is 4.90 Å². The summed E-state index contributed by atoms with van der Waals surface area (Å²) in [5.41, 5.74) is 1.80. The Bertz CT molecular complexity index is 548. The summed E-state index contributed by atoms with van der Waals surface area (Å²) in [6.07, 6.45) is 1.68. The highest BCUT2D eigenvalue weighted by Gasteiger charge is 2.26. The van der Waals surface area contributed by atoms with Crippen molar-refractivity contribution in [3.63, 3.8) is 0 Å². The number of carbonyl (C=O) groups excluding carboxylic acids is 1. The Hall–Kier alpha value is -1.56. The molecule has 1 atom stereocenters. The van der Waals surface area contributed by atoms with Crippen molar-refractivity contribution < 1.29 is 14.7 Å². The molecule has 0 aromatic heterocycles. The highest BCUT2D eigenvalue weighted by molar-refractivity contribution is 9.10. The molecule has 2 rings (SSSR count). The quantitative estimate of drug-likeness (QED) is 0.869. The second-order valence-electron chi connectivity index (χ2n) is 5.42. The third-order valence-corrected chi connectivity index (χ3v) is 4.27. The molecule has 0 saturated carbocycles. The Labute approximate surface area is 132 Å². The summed E-state index contributed by atoms with van der Waals surface area (Å²) >= 11 is 3.39. The molecule has 1 fully saturated rings. The second kappa shape index (κ2) is 6.93. The van der Waals surface area contributed by atoms with Crippen LogP contribution in [-0.2, 0) is 4.79 Å². The number of aliphatic carboxylic acids is 1. The number of hydrogen-bond donors (Lipinski definition) is 2. The van der Waals surface area contributed by atoms with Crippen molar-refractivity contribution in [3.05, 3.63) is 28.2 Å². The van der Waals surface area contributed by atoms with Crippen LogP contribution in [0, 0.1) is 12.8 Å². The molecule has 1 aliphatic heterocycles. The van der Waals surface area contributed by atoms with Crippen molar-refractivity contribution in [2.45, 2.75) is 26.2 Å². The number of urea groups is 1. The van der Waals surface area contributed by atoms with Crippen molar-refractivity contribution >= 4 is 33.6 Å². The van der Waals surface area contributed by atoms with Gasteiger partial charge in [-0.25, -0.2) is 4.79 Å². The average molecular weight is 355 g/mol. The highest BCUT2D eigenvalue weighted by atomic mass is 79.9. The van der Waals surface area contributed by atoms with Gasteiger partial charge < -0.3 is 15.3 Å². The Morgan fingerprint density at radius 2 is 2.24 bits per heavy atom. The maximum atomic E-state index is 12.2. The average Bonchev–Trinajstić information content (AvgIpc) is 2.89. The van der Waals surface area contributed by atoms with Crippen molar-refractivity contribution in [3.8, 4) is 0 Å². The summed E-state index contributed by atoms with van der Waals surface area (Å²) in [4.78, 5) is 24.6. The SMILES string of the molecule is Cc1ccc(Br)cc1NC(=O)N1CCC(CCC(=O)O)C1. The Kier molecular flexibility index (Phi) is 5.22. The van der Waals surface area contributed by atoms with Crippen LogP contribution < -0.4 is 5.32 Å². The molecular weight excluding hydrogens is 336 g/mol. The molecule has 2 amide bonds. The van der Waals surface area contributed by atoms with E-state index in [4.69, 9.17) is 5.11 Å². The first-order valence-electron chi connectivity index (χ1n) is 6.99. The predicted octanol–water partition coefficient (Wildman–Crippen LogP) is 3.48. The fourth-order valence-corrected chi connectivity index (χ4v) is 2.86. The lowest BCUT2D eigenvalue weighted by atomic mass is 10.0. The van der Waals surface area contributed by atoms with E-state index >= 15 is 0 Å². The van der Waals surface area contributed by atoms with Crippen LogP contribution in [0.3, 0.4) is 0 Å². The molecule has 114 valence electrons. The molecule has 6 heteroatoms. The van der Waals surface area contributed by atoms with Crippen LogP contribution in [0.4, 0.5) is 10.5 Å². The first kappa shape index (κ1) is 15.8. The number of benzene rings is 1. The molecule has 1 saturated heterocycles. The maximum absolute atomic E-state index is 12.2. The maximum Gasteiger partial charge on any atom is 0.321 e. The van der Waals surface area contributed by atoms with Gasteiger partial charge in [0, 0.05) is 29.7 Å². The summed E-state index contributed by atoms with van der Waals surface area (Å²) in [5, 5.41) is 11.6.